The standard InChI is InChI=1S/C23H21N5/c1-17-7-5-6-10-20(17)26-23-27-21(19-8-3-2-4-9-19)15-22(28-23)25-16-18-11-13-24-14-12-18/h2-15H,16H2,1H3,(H2,25,26,27,28). The Balaban J connectivity index is 1.65. The molecule has 4 aromatic rings. The van der Waals surface area contributed by atoms with Crippen LogP contribution in [-0.4, -0.2) is 15.0 Å². The van der Waals surface area contributed by atoms with E-state index in [1.54, 1.807) is 12.4 Å². The molecule has 2 heterocycles. The average molecular weight is 367 g/mol. The average Bonchev–Trinajstić information content (AvgIpc) is 2.75. The van der Waals surface area contributed by atoms with Crippen molar-refractivity contribution < 1.29 is 0 Å². The number of hydrogen-bond donors (Lipinski definition) is 2. The predicted molar refractivity (Wildman–Crippen MR) is 113 cm³/mol. The van der Waals surface area contributed by atoms with Crippen LogP contribution < -0.4 is 10.6 Å². The lowest BCUT2D eigenvalue weighted by Crippen LogP contribution is -2.06. The Morgan fingerprint density at radius 2 is 1.57 bits per heavy atom. The van der Waals surface area contributed by atoms with Gasteiger partial charge in [-0.25, -0.2) is 4.98 Å². The van der Waals surface area contributed by atoms with Crippen molar-refractivity contribution in [1.82, 2.24) is 15.0 Å². The minimum Gasteiger partial charge on any atom is -0.366 e. The molecule has 0 aliphatic rings. The van der Waals surface area contributed by atoms with Crippen molar-refractivity contribution in [2.75, 3.05) is 10.6 Å². The van der Waals surface area contributed by atoms with E-state index in [9.17, 15) is 0 Å². The number of pyridine rings is 1. The maximum Gasteiger partial charge on any atom is 0.229 e. The van der Waals surface area contributed by atoms with Crippen LogP contribution >= 0.6 is 0 Å². The van der Waals surface area contributed by atoms with Crippen LogP contribution in [0, 0.1) is 6.92 Å². The third-order valence-corrected chi connectivity index (χ3v) is 4.41. The normalized spacial score (nSPS) is 10.5. The molecule has 0 spiro atoms. The molecule has 0 atom stereocenters. The molecule has 2 aromatic heterocycles. The van der Waals surface area contributed by atoms with E-state index in [1.165, 1.54) is 0 Å². The fourth-order valence-corrected chi connectivity index (χ4v) is 2.88. The largest absolute Gasteiger partial charge is 0.366 e. The van der Waals surface area contributed by atoms with Crippen molar-refractivity contribution in [3.63, 3.8) is 0 Å². The third-order valence-electron chi connectivity index (χ3n) is 4.41. The summed E-state index contributed by atoms with van der Waals surface area (Å²) in [7, 11) is 0. The van der Waals surface area contributed by atoms with Crippen molar-refractivity contribution in [1.29, 1.82) is 0 Å². The van der Waals surface area contributed by atoms with Gasteiger partial charge in [0, 0.05) is 36.3 Å². The van der Waals surface area contributed by atoms with E-state index in [4.69, 9.17) is 4.98 Å². The molecule has 138 valence electrons. The molecule has 0 unspecified atom stereocenters. The van der Waals surface area contributed by atoms with Crippen LogP contribution in [0.25, 0.3) is 11.3 Å². The van der Waals surface area contributed by atoms with Crippen LogP contribution in [0.3, 0.4) is 0 Å². The van der Waals surface area contributed by atoms with Crippen molar-refractivity contribution in [3.05, 3.63) is 96.3 Å². The molecule has 0 saturated carbocycles. The van der Waals surface area contributed by atoms with Gasteiger partial charge in [0.2, 0.25) is 5.95 Å². The summed E-state index contributed by atoms with van der Waals surface area (Å²) in [6.45, 7) is 2.73. The molecule has 0 radical (unpaired) electrons. The number of nitrogens with zero attached hydrogens (tertiary/aromatic N) is 3. The van der Waals surface area contributed by atoms with E-state index in [0.29, 0.717) is 12.5 Å². The predicted octanol–water partition coefficient (Wildman–Crippen LogP) is 5.20. The number of anilines is 3. The third kappa shape index (κ3) is 4.32. The first kappa shape index (κ1) is 17.7. The number of nitrogens with one attached hydrogen (secondary N) is 2. The molecule has 2 N–H and O–H groups in total. The topological polar surface area (TPSA) is 62.7 Å². The fourth-order valence-electron chi connectivity index (χ4n) is 2.88. The van der Waals surface area contributed by atoms with Gasteiger partial charge in [-0.15, -0.1) is 0 Å². The molecule has 4 rings (SSSR count). The van der Waals surface area contributed by atoms with E-state index in [-0.39, 0.29) is 0 Å². The number of para-hydroxylation sites is 1. The van der Waals surface area contributed by atoms with Gasteiger partial charge in [0.25, 0.3) is 0 Å². The molecule has 28 heavy (non-hydrogen) atoms. The van der Waals surface area contributed by atoms with Gasteiger partial charge in [0.1, 0.15) is 5.82 Å². The second kappa shape index (κ2) is 8.31. The van der Waals surface area contributed by atoms with Gasteiger partial charge in [-0.2, -0.15) is 4.98 Å². The summed E-state index contributed by atoms with van der Waals surface area (Å²) in [6, 6.07) is 24.2. The monoisotopic (exact) mass is 367 g/mol. The summed E-state index contributed by atoms with van der Waals surface area (Å²) in [6.07, 6.45) is 3.58. The highest BCUT2D eigenvalue weighted by Gasteiger charge is 2.08. The molecular weight excluding hydrogens is 346 g/mol. The van der Waals surface area contributed by atoms with Crippen LogP contribution in [0.15, 0.2) is 85.2 Å². The number of aryl methyl sites for hydroxylation is 1. The minimum absolute atomic E-state index is 0.563. The molecular formula is C23H21N5. The highest BCUT2D eigenvalue weighted by molar-refractivity contribution is 5.67. The maximum atomic E-state index is 4.72. The Labute approximate surface area is 164 Å². The van der Waals surface area contributed by atoms with Crippen molar-refractivity contribution in [2.24, 2.45) is 0 Å². The van der Waals surface area contributed by atoms with Gasteiger partial charge < -0.3 is 10.6 Å². The van der Waals surface area contributed by atoms with Crippen LogP contribution in [0.1, 0.15) is 11.1 Å². The zero-order chi connectivity index (χ0) is 19.2. The smallest absolute Gasteiger partial charge is 0.229 e. The van der Waals surface area contributed by atoms with Gasteiger partial charge in [0.05, 0.1) is 5.69 Å². The summed E-state index contributed by atoms with van der Waals surface area (Å²) in [5, 5.41) is 6.74. The second-order valence-corrected chi connectivity index (χ2v) is 6.48. The Bertz CT molecular complexity index is 1050. The second-order valence-electron chi connectivity index (χ2n) is 6.48. The quantitative estimate of drug-likeness (QED) is 0.490. The molecule has 2 aromatic carbocycles. The molecule has 0 saturated heterocycles. The van der Waals surface area contributed by atoms with E-state index in [0.717, 1.165) is 33.9 Å². The molecule has 0 aliphatic heterocycles. The SMILES string of the molecule is Cc1ccccc1Nc1nc(NCc2ccncc2)cc(-c2ccccc2)n1. The lowest BCUT2D eigenvalue weighted by atomic mass is 10.1. The highest BCUT2D eigenvalue weighted by atomic mass is 15.1. The Morgan fingerprint density at radius 1 is 0.821 bits per heavy atom. The zero-order valence-corrected chi connectivity index (χ0v) is 15.6. The first-order valence-corrected chi connectivity index (χ1v) is 9.18. The summed E-state index contributed by atoms with van der Waals surface area (Å²) < 4.78 is 0. The van der Waals surface area contributed by atoms with E-state index >= 15 is 0 Å². The van der Waals surface area contributed by atoms with Gasteiger partial charge >= 0.3 is 0 Å². The molecule has 0 bridgehead atoms. The number of aromatic nitrogens is 3. The van der Waals surface area contributed by atoms with Crippen LogP contribution in [0.5, 0.6) is 0 Å². The lowest BCUT2D eigenvalue weighted by Gasteiger charge is -2.13. The molecule has 0 amide bonds. The zero-order valence-electron chi connectivity index (χ0n) is 15.6. The summed E-state index contributed by atoms with van der Waals surface area (Å²) >= 11 is 0. The number of benzene rings is 2. The molecule has 0 fully saturated rings. The van der Waals surface area contributed by atoms with E-state index < -0.39 is 0 Å². The van der Waals surface area contributed by atoms with E-state index in [1.807, 2.05) is 66.7 Å². The van der Waals surface area contributed by atoms with Crippen LogP contribution in [0.4, 0.5) is 17.5 Å². The van der Waals surface area contributed by atoms with Gasteiger partial charge in [-0.1, -0.05) is 48.5 Å². The minimum atomic E-state index is 0.563. The summed E-state index contributed by atoms with van der Waals surface area (Å²) in [5.41, 5.74) is 5.19. The Kier molecular flexibility index (Phi) is 5.24. The van der Waals surface area contributed by atoms with E-state index in [2.05, 4.69) is 33.6 Å². The molecule has 5 heteroatoms. The van der Waals surface area contributed by atoms with Gasteiger partial charge in [-0.05, 0) is 36.2 Å². The summed E-state index contributed by atoms with van der Waals surface area (Å²) in [5.74, 6) is 1.33. The highest BCUT2D eigenvalue weighted by Crippen LogP contribution is 2.24. The van der Waals surface area contributed by atoms with Gasteiger partial charge in [0.15, 0.2) is 0 Å². The first-order valence-electron chi connectivity index (χ1n) is 9.18. The first-order chi connectivity index (χ1) is 13.8. The van der Waals surface area contributed by atoms with Crippen molar-refractivity contribution >= 4 is 17.5 Å². The Morgan fingerprint density at radius 3 is 2.36 bits per heavy atom. The summed E-state index contributed by atoms with van der Waals surface area (Å²) in [4.78, 5) is 13.4. The number of hydrogen-bond acceptors (Lipinski definition) is 5. The Hall–Kier alpha value is -3.73. The lowest BCUT2D eigenvalue weighted by molar-refractivity contribution is 1.08. The number of rotatable bonds is 6. The van der Waals surface area contributed by atoms with Crippen molar-refractivity contribution in [2.45, 2.75) is 13.5 Å². The van der Waals surface area contributed by atoms with Gasteiger partial charge in [-0.3, -0.25) is 4.98 Å². The molecule has 5 nitrogen and oxygen atoms in total. The fraction of sp³-hybridized carbons (Fsp3) is 0.0870. The van der Waals surface area contributed by atoms with Crippen LogP contribution in [-0.2, 0) is 6.54 Å². The maximum absolute atomic E-state index is 4.72. The van der Waals surface area contributed by atoms with Crippen LogP contribution in [0.2, 0.25) is 0 Å². The van der Waals surface area contributed by atoms with Crippen molar-refractivity contribution in [3.8, 4) is 11.3 Å². The molecule has 0 aliphatic carbocycles.